The lowest BCUT2D eigenvalue weighted by molar-refractivity contribution is -0.137. The van der Waals surface area contributed by atoms with Crippen molar-refractivity contribution in [3.8, 4) is 0 Å². The molecule has 2 aromatic carbocycles. The number of hydrogen-bond donors (Lipinski definition) is 2. The molecule has 30 heavy (non-hydrogen) atoms. The number of carbonyl (C=O) groups excluding carboxylic acids is 1. The van der Waals surface area contributed by atoms with Gasteiger partial charge in [0.05, 0.1) is 16.9 Å². The summed E-state index contributed by atoms with van der Waals surface area (Å²) in [7, 11) is 6.01. The molecule has 0 aliphatic carbocycles. The number of likely N-dealkylation sites (N-methyl/N-ethyl adjacent to an activating group) is 2. The van der Waals surface area contributed by atoms with Gasteiger partial charge in [0.25, 0.3) is 5.91 Å². The van der Waals surface area contributed by atoms with E-state index in [9.17, 15) is 18.0 Å². The van der Waals surface area contributed by atoms with Gasteiger partial charge in [0.1, 0.15) is 0 Å². The maximum absolute atomic E-state index is 12.9. The summed E-state index contributed by atoms with van der Waals surface area (Å²) in [5.74, 6) is -0.592. The molecule has 0 saturated carbocycles. The van der Waals surface area contributed by atoms with Crippen molar-refractivity contribution >= 4 is 23.0 Å². The Bertz CT molecular complexity index is 866. The number of benzene rings is 2. The number of halogens is 3. The Hall–Kier alpha value is -2.74. The van der Waals surface area contributed by atoms with Crippen LogP contribution in [-0.2, 0) is 6.18 Å². The second kappa shape index (κ2) is 9.84. The van der Waals surface area contributed by atoms with E-state index in [1.165, 1.54) is 12.1 Å². The number of hydrogen-bond acceptors (Lipinski definition) is 4. The van der Waals surface area contributed by atoms with Gasteiger partial charge in [0, 0.05) is 37.4 Å². The molecule has 2 rings (SSSR count). The lowest BCUT2D eigenvalue weighted by Crippen LogP contribution is -2.29. The van der Waals surface area contributed by atoms with Gasteiger partial charge in [-0.25, -0.2) is 0 Å². The minimum absolute atomic E-state index is 0.0460. The second-order valence-corrected chi connectivity index (χ2v) is 7.79. The maximum atomic E-state index is 12.9. The fraction of sp³-hybridized carbons (Fsp3) is 0.409. The van der Waals surface area contributed by atoms with E-state index in [4.69, 9.17) is 0 Å². The topological polar surface area (TPSA) is 47.6 Å². The molecule has 0 aliphatic heterocycles. The second-order valence-electron chi connectivity index (χ2n) is 7.79. The van der Waals surface area contributed by atoms with Crippen LogP contribution < -0.4 is 15.5 Å². The van der Waals surface area contributed by atoms with Crippen molar-refractivity contribution < 1.29 is 18.0 Å². The molecular formula is C22H29F3N4O. The minimum atomic E-state index is -4.50. The third-order valence-corrected chi connectivity index (χ3v) is 4.44. The van der Waals surface area contributed by atoms with E-state index in [-0.39, 0.29) is 11.6 Å². The van der Waals surface area contributed by atoms with Crippen LogP contribution in [-0.4, -0.2) is 51.1 Å². The van der Waals surface area contributed by atoms with E-state index in [1.54, 1.807) is 12.1 Å². The Morgan fingerprint density at radius 1 is 1.03 bits per heavy atom. The van der Waals surface area contributed by atoms with E-state index in [0.717, 1.165) is 36.6 Å². The van der Waals surface area contributed by atoms with Gasteiger partial charge in [-0.2, -0.15) is 13.2 Å². The van der Waals surface area contributed by atoms with E-state index >= 15 is 0 Å². The van der Waals surface area contributed by atoms with E-state index < -0.39 is 17.6 Å². The van der Waals surface area contributed by atoms with Crippen molar-refractivity contribution in [2.45, 2.75) is 26.1 Å². The van der Waals surface area contributed by atoms with Gasteiger partial charge in [-0.05, 0) is 64.3 Å². The number of alkyl halides is 3. The summed E-state index contributed by atoms with van der Waals surface area (Å²) in [6, 6.07) is 9.99. The van der Waals surface area contributed by atoms with Crippen LogP contribution in [0, 0.1) is 0 Å². The molecule has 5 nitrogen and oxygen atoms in total. The molecule has 0 unspecified atom stereocenters. The van der Waals surface area contributed by atoms with Crippen molar-refractivity contribution in [2.24, 2.45) is 0 Å². The summed E-state index contributed by atoms with van der Waals surface area (Å²) in [4.78, 5) is 16.7. The van der Waals surface area contributed by atoms with Crippen LogP contribution in [0.5, 0.6) is 0 Å². The Balaban J connectivity index is 2.24. The summed E-state index contributed by atoms with van der Waals surface area (Å²) in [5, 5.41) is 6.06. The number of nitrogens with one attached hydrogen (secondary N) is 2. The number of amides is 1. The molecule has 0 saturated heterocycles. The molecule has 8 heteroatoms. The Labute approximate surface area is 175 Å². The summed E-state index contributed by atoms with van der Waals surface area (Å²) in [6.07, 6.45) is -4.50. The lowest BCUT2D eigenvalue weighted by Gasteiger charge is -2.26. The van der Waals surface area contributed by atoms with Gasteiger partial charge >= 0.3 is 6.18 Å². The van der Waals surface area contributed by atoms with Crippen molar-refractivity contribution in [3.05, 3.63) is 53.6 Å². The molecular weight excluding hydrogens is 393 g/mol. The first-order chi connectivity index (χ1) is 14.0. The zero-order chi connectivity index (χ0) is 22.5. The van der Waals surface area contributed by atoms with Gasteiger partial charge in [-0.15, -0.1) is 0 Å². The maximum Gasteiger partial charge on any atom is 0.416 e. The Morgan fingerprint density at radius 2 is 1.73 bits per heavy atom. The summed E-state index contributed by atoms with van der Waals surface area (Å²) < 4.78 is 38.8. The number of anilines is 3. The van der Waals surface area contributed by atoms with Crippen LogP contribution in [0.2, 0.25) is 0 Å². The summed E-state index contributed by atoms with van der Waals surface area (Å²) >= 11 is 0. The molecule has 0 radical (unpaired) electrons. The SMILES string of the molecule is CC(C)Nc1cc(NC(=O)c2cccc(C(F)(F)F)c2)ccc1N(C)CCN(C)C. The van der Waals surface area contributed by atoms with E-state index in [2.05, 4.69) is 20.4 Å². The molecule has 0 atom stereocenters. The van der Waals surface area contributed by atoms with Crippen molar-refractivity contribution in [1.29, 1.82) is 0 Å². The smallest absolute Gasteiger partial charge is 0.381 e. The van der Waals surface area contributed by atoms with Crippen LogP contribution in [0.4, 0.5) is 30.2 Å². The standard InChI is InChI=1S/C22H29F3N4O/c1-15(2)26-19-14-18(9-10-20(19)29(5)12-11-28(3)4)27-21(30)16-7-6-8-17(13-16)22(23,24)25/h6-10,13-15,26H,11-12H2,1-5H3,(H,27,30). The zero-order valence-electron chi connectivity index (χ0n) is 18.0. The van der Waals surface area contributed by atoms with Gasteiger partial charge in [-0.3, -0.25) is 4.79 Å². The molecule has 0 aromatic heterocycles. The monoisotopic (exact) mass is 422 g/mol. The summed E-state index contributed by atoms with van der Waals surface area (Å²) in [5.41, 5.74) is 1.42. The molecule has 0 aliphatic rings. The minimum Gasteiger partial charge on any atom is -0.381 e. The van der Waals surface area contributed by atoms with Gasteiger partial charge in [0.2, 0.25) is 0 Å². The van der Waals surface area contributed by atoms with E-state index in [1.807, 2.05) is 41.1 Å². The highest BCUT2D eigenvalue weighted by Gasteiger charge is 2.30. The number of nitrogens with zero attached hydrogens (tertiary/aromatic N) is 2. The molecule has 164 valence electrons. The first-order valence-electron chi connectivity index (χ1n) is 9.72. The zero-order valence-corrected chi connectivity index (χ0v) is 18.0. The molecule has 0 fully saturated rings. The van der Waals surface area contributed by atoms with Crippen LogP contribution in [0.15, 0.2) is 42.5 Å². The molecule has 0 bridgehead atoms. The third kappa shape index (κ3) is 6.66. The number of rotatable bonds is 8. The lowest BCUT2D eigenvalue weighted by atomic mass is 10.1. The molecule has 2 N–H and O–H groups in total. The van der Waals surface area contributed by atoms with Gasteiger partial charge < -0.3 is 20.4 Å². The van der Waals surface area contributed by atoms with Crippen molar-refractivity contribution in [3.63, 3.8) is 0 Å². The molecule has 1 amide bonds. The predicted octanol–water partition coefficient (Wildman–Crippen LogP) is 4.78. The fourth-order valence-electron chi connectivity index (χ4n) is 2.88. The largest absolute Gasteiger partial charge is 0.416 e. The van der Waals surface area contributed by atoms with Crippen molar-refractivity contribution in [1.82, 2.24) is 4.90 Å². The van der Waals surface area contributed by atoms with Crippen molar-refractivity contribution in [2.75, 3.05) is 49.8 Å². The average molecular weight is 422 g/mol. The van der Waals surface area contributed by atoms with Gasteiger partial charge in [-0.1, -0.05) is 6.07 Å². The molecule has 0 spiro atoms. The van der Waals surface area contributed by atoms with Crippen LogP contribution in [0.3, 0.4) is 0 Å². The van der Waals surface area contributed by atoms with Crippen LogP contribution in [0.1, 0.15) is 29.8 Å². The predicted molar refractivity (Wildman–Crippen MR) is 116 cm³/mol. The quantitative estimate of drug-likeness (QED) is 0.643. The molecule has 0 heterocycles. The third-order valence-electron chi connectivity index (χ3n) is 4.44. The number of carbonyl (C=O) groups is 1. The normalized spacial score (nSPS) is 11.7. The van der Waals surface area contributed by atoms with Crippen LogP contribution in [0.25, 0.3) is 0 Å². The Kier molecular flexibility index (Phi) is 7.72. The van der Waals surface area contributed by atoms with Crippen LogP contribution >= 0.6 is 0 Å². The van der Waals surface area contributed by atoms with Gasteiger partial charge in [0.15, 0.2) is 0 Å². The fourth-order valence-corrected chi connectivity index (χ4v) is 2.88. The first-order valence-corrected chi connectivity index (χ1v) is 9.72. The van der Waals surface area contributed by atoms with E-state index in [0.29, 0.717) is 5.69 Å². The summed E-state index contributed by atoms with van der Waals surface area (Å²) in [6.45, 7) is 5.72. The first kappa shape index (κ1) is 23.5. The highest BCUT2D eigenvalue weighted by molar-refractivity contribution is 6.04. The molecule has 2 aromatic rings. The highest BCUT2D eigenvalue weighted by atomic mass is 19.4. The highest BCUT2D eigenvalue weighted by Crippen LogP contribution is 2.31. The average Bonchev–Trinajstić information content (AvgIpc) is 2.65. The Morgan fingerprint density at radius 3 is 2.33 bits per heavy atom.